The molecule has 0 bridgehead atoms. The van der Waals surface area contributed by atoms with Crippen LogP contribution >= 0.6 is 0 Å². The summed E-state index contributed by atoms with van der Waals surface area (Å²) >= 11 is 0. The van der Waals surface area contributed by atoms with E-state index in [9.17, 15) is 18.4 Å². The minimum atomic E-state index is -2.89. The maximum Gasteiger partial charge on any atom is 0.336 e. The number of halogens is 2. The SMILES string of the molecule is CCOC(=O)C1=C(C(F)F)N=C(C)C(=O)C1. The smallest absolute Gasteiger partial charge is 0.336 e. The molecule has 1 aliphatic rings. The Morgan fingerprint density at radius 2 is 2.19 bits per heavy atom. The zero-order valence-electron chi connectivity index (χ0n) is 8.92. The van der Waals surface area contributed by atoms with Crippen LogP contribution in [0.1, 0.15) is 20.3 Å². The van der Waals surface area contributed by atoms with Crippen molar-refractivity contribution in [1.29, 1.82) is 0 Å². The zero-order valence-corrected chi connectivity index (χ0v) is 8.92. The molecule has 0 aliphatic carbocycles. The molecule has 1 heterocycles. The molecule has 0 atom stereocenters. The summed E-state index contributed by atoms with van der Waals surface area (Å²) in [7, 11) is 0. The van der Waals surface area contributed by atoms with E-state index in [1.807, 2.05) is 0 Å². The largest absolute Gasteiger partial charge is 0.463 e. The van der Waals surface area contributed by atoms with Crippen LogP contribution in [0.15, 0.2) is 16.3 Å². The third-order valence-electron chi connectivity index (χ3n) is 2.07. The third kappa shape index (κ3) is 2.50. The van der Waals surface area contributed by atoms with Crippen molar-refractivity contribution in [2.45, 2.75) is 26.7 Å². The van der Waals surface area contributed by atoms with Crippen LogP contribution in [0.4, 0.5) is 8.78 Å². The van der Waals surface area contributed by atoms with Gasteiger partial charge in [-0.05, 0) is 13.8 Å². The first kappa shape index (κ1) is 12.5. The monoisotopic (exact) mass is 231 g/mol. The quantitative estimate of drug-likeness (QED) is 0.691. The summed E-state index contributed by atoms with van der Waals surface area (Å²) < 4.78 is 29.8. The Labute approximate surface area is 91.0 Å². The topological polar surface area (TPSA) is 55.7 Å². The van der Waals surface area contributed by atoms with E-state index < -0.39 is 23.9 Å². The van der Waals surface area contributed by atoms with Gasteiger partial charge in [-0.3, -0.25) is 4.79 Å². The number of carbonyl (C=O) groups is 2. The normalized spacial score (nSPS) is 16.6. The summed E-state index contributed by atoms with van der Waals surface area (Å²) in [5.74, 6) is -1.34. The predicted octanol–water partition coefficient (Wildman–Crippen LogP) is 1.50. The molecule has 0 radical (unpaired) electrons. The Bertz CT molecular complexity index is 386. The van der Waals surface area contributed by atoms with Crippen LogP contribution in [-0.4, -0.2) is 30.5 Å². The van der Waals surface area contributed by atoms with E-state index in [0.29, 0.717) is 0 Å². The summed E-state index contributed by atoms with van der Waals surface area (Å²) in [5.41, 5.74) is -1.01. The average Bonchev–Trinajstić information content (AvgIpc) is 2.21. The number of esters is 1. The maximum atomic E-state index is 12.6. The van der Waals surface area contributed by atoms with Crippen LogP contribution in [0.25, 0.3) is 0 Å². The van der Waals surface area contributed by atoms with Crippen molar-refractivity contribution in [1.82, 2.24) is 0 Å². The molecule has 16 heavy (non-hydrogen) atoms. The van der Waals surface area contributed by atoms with Crippen molar-refractivity contribution < 1.29 is 23.1 Å². The second-order valence-corrected chi connectivity index (χ2v) is 3.18. The number of hydrogen-bond acceptors (Lipinski definition) is 4. The number of allylic oxidation sites excluding steroid dienone is 1. The zero-order chi connectivity index (χ0) is 12.3. The minimum absolute atomic E-state index is 0.0108. The lowest BCUT2D eigenvalue weighted by Crippen LogP contribution is -2.24. The van der Waals surface area contributed by atoms with Crippen molar-refractivity contribution in [3.05, 3.63) is 11.3 Å². The fourth-order valence-corrected chi connectivity index (χ4v) is 1.26. The molecule has 0 fully saturated rings. The molecule has 6 heteroatoms. The van der Waals surface area contributed by atoms with Crippen LogP contribution in [-0.2, 0) is 14.3 Å². The van der Waals surface area contributed by atoms with E-state index in [2.05, 4.69) is 9.73 Å². The lowest BCUT2D eigenvalue weighted by molar-refractivity contribution is -0.139. The van der Waals surface area contributed by atoms with Crippen LogP contribution in [0.5, 0.6) is 0 Å². The second-order valence-electron chi connectivity index (χ2n) is 3.18. The van der Waals surface area contributed by atoms with E-state index >= 15 is 0 Å². The molecule has 0 spiro atoms. The van der Waals surface area contributed by atoms with Gasteiger partial charge in [0.05, 0.1) is 17.9 Å². The summed E-state index contributed by atoms with van der Waals surface area (Å²) in [6.07, 6.45) is -3.25. The lowest BCUT2D eigenvalue weighted by atomic mass is 10.0. The molecule has 0 N–H and O–H groups in total. The van der Waals surface area contributed by atoms with Crippen molar-refractivity contribution >= 4 is 17.5 Å². The summed E-state index contributed by atoms with van der Waals surface area (Å²) in [6.45, 7) is 2.96. The lowest BCUT2D eigenvalue weighted by Gasteiger charge is -2.15. The highest BCUT2D eigenvalue weighted by Crippen LogP contribution is 2.24. The van der Waals surface area contributed by atoms with Gasteiger partial charge in [0, 0.05) is 6.42 Å². The number of ether oxygens (including phenoxy) is 1. The fraction of sp³-hybridized carbons (Fsp3) is 0.500. The number of aliphatic imine (C=N–C) groups is 1. The van der Waals surface area contributed by atoms with Crippen LogP contribution in [0.2, 0.25) is 0 Å². The summed E-state index contributed by atoms with van der Waals surface area (Å²) in [4.78, 5) is 26.0. The molecular weight excluding hydrogens is 220 g/mol. The first-order valence-corrected chi connectivity index (χ1v) is 4.74. The number of carbonyl (C=O) groups excluding carboxylic acids is 2. The van der Waals surface area contributed by atoms with Crippen LogP contribution in [0, 0.1) is 0 Å². The Balaban J connectivity index is 3.11. The molecule has 0 aromatic heterocycles. The molecule has 0 amide bonds. The molecule has 1 aliphatic heterocycles. The molecule has 0 unspecified atom stereocenters. The number of alkyl halides is 2. The predicted molar refractivity (Wildman–Crippen MR) is 52.4 cm³/mol. The molecule has 0 aromatic rings. The van der Waals surface area contributed by atoms with E-state index in [4.69, 9.17) is 0 Å². The summed E-state index contributed by atoms with van der Waals surface area (Å²) in [5, 5.41) is 0. The van der Waals surface area contributed by atoms with Crippen LogP contribution < -0.4 is 0 Å². The van der Waals surface area contributed by atoms with Crippen molar-refractivity contribution in [2.24, 2.45) is 4.99 Å². The van der Waals surface area contributed by atoms with E-state index in [1.54, 1.807) is 6.92 Å². The van der Waals surface area contributed by atoms with Gasteiger partial charge in [-0.25, -0.2) is 18.6 Å². The Morgan fingerprint density at radius 3 is 2.69 bits per heavy atom. The van der Waals surface area contributed by atoms with Gasteiger partial charge in [0.15, 0.2) is 5.78 Å². The first-order valence-electron chi connectivity index (χ1n) is 4.74. The molecule has 4 nitrogen and oxygen atoms in total. The highest BCUT2D eigenvalue weighted by atomic mass is 19.3. The van der Waals surface area contributed by atoms with Gasteiger partial charge >= 0.3 is 5.97 Å². The molecule has 0 aromatic carbocycles. The fourth-order valence-electron chi connectivity index (χ4n) is 1.26. The van der Waals surface area contributed by atoms with E-state index in [1.165, 1.54) is 6.92 Å². The maximum absolute atomic E-state index is 12.6. The number of nitrogens with zero attached hydrogens (tertiary/aromatic N) is 1. The van der Waals surface area contributed by atoms with E-state index in [-0.39, 0.29) is 24.3 Å². The standard InChI is InChI=1S/C10H11F2NO3/c1-3-16-10(15)6-4-7(14)5(2)13-8(6)9(11)12/h9H,3-4H2,1-2H3. The second kappa shape index (κ2) is 4.96. The molecule has 0 saturated carbocycles. The van der Waals surface area contributed by atoms with Crippen LogP contribution in [0.3, 0.4) is 0 Å². The number of Topliss-reactive ketones (excluding diaryl/α,β-unsaturated/α-hetero) is 1. The third-order valence-corrected chi connectivity index (χ3v) is 2.07. The molecule has 1 rings (SSSR count). The number of hydrogen-bond donors (Lipinski definition) is 0. The van der Waals surface area contributed by atoms with Crippen molar-refractivity contribution in [3.8, 4) is 0 Å². The first-order chi connectivity index (χ1) is 7.47. The van der Waals surface area contributed by atoms with Gasteiger partial charge in [-0.15, -0.1) is 0 Å². The number of ketones is 1. The minimum Gasteiger partial charge on any atom is -0.463 e. The van der Waals surface area contributed by atoms with Crippen molar-refractivity contribution in [2.75, 3.05) is 6.61 Å². The molecule has 88 valence electrons. The van der Waals surface area contributed by atoms with Gasteiger partial charge in [-0.2, -0.15) is 0 Å². The van der Waals surface area contributed by atoms with Gasteiger partial charge < -0.3 is 4.74 Å². The van der Waals surface area contributed by atoms with Crippen molar-refractivity contribution in [3.63, 3.8) is 0 Å². The van der Waals surface area contributed by atoms with Gasteiger partial charge in [0.25, 0.3) is 6.43 Å². The van der Waals surface area contributed by atoms with Gasteiger partial charge in [-0.1, -0.05) is 0 Å². The van der Waals surface area contributed by atoms with Gasteiger partial charge in [0.1, 0.15) is 5.70 Å². The highest BCUT2D eigenvalue weighted by molar-refractivity contribution is 6.41. The average molecular weight is 231 g/mol. The Morgan fingerprint density at radius 1 is 1.56 bits per heavy atom. The van der Waals surface area contributed by atoms with Gasteiger partial charge in [0.2, 0.25) is 0 Å². The molecule has 0 saturated heterocycles. The highest BCUT2D eigenvalue weighted by Gasteiger charge is 2.29. The Hall–Kier alpha value is -1.59. The summed E-state index contributed by atoms with van der Waals surface area (Å²) in [6, 6.07) is 0. The van der Waals surface area contributed by atoms with E-state index in [0.717, 1.165) is 0 Å². The Kier molecular flexibility index (Phi) is 3.87. The number of rotatable bonds is 3. The molecular formula is C10H11F2NO3.